The second-order valence-electron chi connectivity index (χ2n) is 4.74. The number of hydrogen-bond donors (Lipinski definition) is 0. The van der Waals surface area contributed by atoms with E-state index in [-0.39, 0.29) is 5.57 Å². The molecule has 0 bridgehead atoms. The fourth-order valence-corrected chi connectivity index (χ4v) is 1.98. The number of imidazole rings is 1. The molecule has 1 heterocycles. The molecule has 1 aromatic carbocycles. The highest BCUT2D eigenvalue weighted by Crippen LogP contribution is 2.19. The lowest BCUT2D eigenvalue weighted by Gasteiger charge is -2.09. The van der Waals surface area contributed by atoms with E-state index in [2.05, 4.69) is 23.4 Å². The molecule has 0 radical (unpaired) electrons. The van der Waals surface area contributed by atoms with E-state index in [1.54, 1.807) is 6.08 Å². The van der Waals surface area contributed by atoms with Gasteiger partial charge in [0.2, 0.25) is 0 Å². The second kappa shape index (κ2) is 5.37. The van der Waals surface area contributed by atoms with Crippen LogP contribution in [-0.2, 0) is 6.54 Å². The van der Waals surface area contributed by atoms with Crippen molar-refractivity contribution >= 4 is 17.1 Å². The molecule has 0 aliphatic rings. The van der Waals surface area contributed by atoms with Crippen molar-refractivity contribution in [2.45, 2.75) is 20.4 Å². The molecule has 0 aliphatic heterocycles. The minimum Gasteiger partial charge on any atom is -0.324 e. The van der Waals surface area contributed by atoms with Gasteiger partial charge in [0.15, 0.2) is 0 Å². The molecule has 0 unspecified atom stereocenters. The lowest BCUT2D eigenvalue weighted by molar-refractivity contribution is 0.530. The molecule has 94 valence electrons. The summed E-state index contributed by atoms with van der Waals surface area (Å²) in [4.78, 5) is 4.49. The first kappa shape index (κ1) is 12.9. The van der Waals surface area contributed by atoms with E-state index in [1.807, 2.05) is 36.4 Å². The third-order valence-corrected chi connectivity index (χ3v) is 2.75. The van der Waals surface area contributed by atoms with Crippen molar-refractivity contribution in [1.82, 2.24) is 9.55 Å². The summed E-state index contributed by atoms with van der Waals surface area (Å²) in [5, 5.41) is 17.7. The van der Waals surface area contributed by atoms with E-state index >= 15 is 0 Å². The molecule has 0 amide bonds. The predicted octanol–water partition coefficient (Wildman–Crippen LogP) is 3.12. The molecular weight excluding hydrogens is 236 g/mol. The van der Waals surface area contributed by atoms with E-state index in [9.17, 15) is 0 Å². The van der Waals surface area contributed by atoms with Crippen molar-refractivity contribution < 1.29 is 0 Å². The SMILES string of the molecule is CC(C)Cn1c(C=C(C#N)C#N)nc2ccccc21. The smallest absolute Gasteiger partial charge is 0.135 e. The number of rotatable bonds is 3. The van der Waals surface area contributed by atoms with Crippen LogP contribution in [0.3, 0.4) is 0 Å². The van der Waals surface area contributed by atoms with Gasteiger partial charge in [0.1, 0.15) is 23.5 Å². The Labute approximate surface area is 112 Å². The van der Waals surface area contributed by atoms with Gasteiger partial charge in [-0.05, 0) is 18.1 Å². The van der Waals surface area contributed by atoms with Crippen molar-refractivity contribution in [3.63, 3.8) is 0 Å². The Morgan fingerprint density at radius 3 is 2.63 bits per heavy atom. The fraction of sp³-hybridized carbons (Fsp3) is 0.267. The maximum Gasteiger partial charge on any atom is 0.135 e. The summed E-state index contributed by atoms with van der Waals surface area (Å²) in [6.07, 6.45) is 1.54. The molecule has 0 N–H and O–H groups in total. The third kappa shape index (κ3) is 2.64. The number of benzene rings is 1. The van der Waals surface area contributed by atoms with Crippen LogP contribution >= 0.6 is 0 Å². The van der Waals surface area contributed by atoms with Gasteiger partial charge in [-0.2, -0.15) is 10.5 Å². The van der Waals surface area contributed by atoms with Crippen LogP contribution in [0.2, 0.25) is 0 Å². The normalized spacial score (nSPS) is 10.2. The molecule has 0 saturated heterocycles. The van der Waals surface area contributed by atoms with Gasteiger partial charge < -0.3 is 4.57 Å². The average Bonchev–Trinajstić information content (AvgIpc) is 2.73. The molecule has 2 aromatic rings. The van der Waals surface area contributed by atoms with Crippen LogP contribution in [0.25, 0.3) is 17.1 Å². The van der Waals surface area contributed by atoms with E-state index in [0.29, 0.717) is 11.7 Å². The number of para-hydroxylation sites is 2. The summed E-state index contributed by atoms with van der Waals surface area (Å²) in [7, 11) is 0. The maximum atomic E-state index is 8.86. The standard InChI is InChI=1S/C15H14N4/c1-11(2)10-19-14-6-4-3-5-13(14)18-15(19)7-12(8-16)9-17/h3-7,11H,10H2,1-2H3. The second-order valence-corrected chi connectivity index (χ2v) is 4.74. The summed E-state index contributed by atoms with van der Waals surface area (Å²) in [5.41, 5.74) is 1.97. The number of allylic oxidation sites excluding steroid dienone is 1. The summed E-state index contributed by atoms with van der Waals surface area (Å²) in [6, 6.07) is 11.6. The van der Waals surface area contributed by atoms with Crippen LogP contribution in [0, 0.1) is 28.6 Å². The van der Waals surface area contributed by atoms with Gasteiger partial charge in [0, 0.05) is 12.6 Å². The third-order valence-electron chi connectivity index (χ3n) is 2.75. The molecule has 0 aliphatic carbocycles. The quantitative estimate of drug-likeness (QED) is 0.786. The van der Waals surface area contributed by atoms with Crippen LogP contribution in [0.15, 0.2) is 29.8 Å². The lowest BCUT2D eigenvalue weighted by Crippen LogP contribution is -2.06. The van der Waals surface area contributed by atoms with Crippen molar-refractivity contribution in [3.8, 4) is 12.1 Å². The Morgan fingerprint density at radius 2 is 2.00 bits per heavy atom. The van der Waals surface area contributed by atoms with Crippen LogP contribution in [-0.4, -0.2) is 9.55 Å². The summed E-state index contributed by atoms with van der Waals surface area (Å²) in [6.45, 7) is 5.05. The van der Waals surface area contributed by atoms with Crippen molar-refractivity contribution in [2.24, 2.45) is 5.92 Å². The topological polar surface area (TPSA) is 65.4 Å². The summed E-state index contributed by atoms with van der Waals surface area (Å²) in [5.74, 6) is 1.12. The van der Waals surface area contributed by atoms with Crippen molar-refractivity contribution in [1.29, 1.82) is 10.5 Å². The van der Waals surface area contributed by atoms with Gasteiger partial charge in [-0.3, -0.25) is 0 Å². The van der Waals surface area contributed by atoms with Gasteiger partial charge in [-0.25, -0.2) is 4.98 Å². The highest BCUT2D eigenvalue weighted by atomic mass is 15.1. The summed E-state index contributed by atoms with van der Waals surface area (Å²) < 4.78 is 2.05. The Kier molecular flexibility index (Phi) is 3.63. The van der Waals surface area contributed by atoms with Gasteiger partial charge >= 0.3 is 0 Å². The van der Waals surface area contributed by atoms with E-state index in [1.165, 1.54) is 0 Å². The van der Waals surface area contributed by atoms with Gasteiger partial charge in [-0.15, -0.1) is 0 Å². The zero-order chi connectivity index (χ0) is 13.8. The maximum absolute atomic E-state index is 8.86. The van der Waals surface area contributed by atoms with Crippen molar-refractivity contribution in [3.05, 3.63) is 35.7 Å². The Hall–Kier alpha value is -2.59. The molecule has 4 heteroatoms. The van der Waals surface area contributed by atoms with Gasteiger partial charge in [0.25, 0.3) is 0 Å². The van der Waals surface area contributed by atoms with Crippen LogP contribution in [0.1, 0.15) is 19.7 Å². The molecular formula is C15H14N4. The first-order valence-electron chi connectivity index (χ1n) is 6.13. The largest absolute Gasteiger partial charge is 0.324 e. The first-order chi connectivity index (χ1) is 9.15. The molecule has 1 aromatic heterocycles. The lowest BCUT2D eigenvalue weighted by atomic mass is 10.2. The predicted molar refractivity (Wildman–Crippen MR) is 73.8 cm³/mol. The number of aromatic nitrogens is 2. The van der Waals surface area contributed by atoms with E-state index in [4.69, 9.17) is 10.5 Å². The molecule has 19 heavy (non-hydrogen) atoms. The molecule has 2 rings (SSSR count). The molecule has 0 atom stereocenters. The Morgan fingerprint density at radius 1 is 1.32 bits per heavy atom. The fourth-order valence-electron chi connectivity index (χ4n) is 1.98. The zero-order valence-electron chi connectivity index (χ0n) is 11.0. The van der Waals surface area contributed by atoms with E-state index < -0.39 is 0 Å². The molecule has 4 nitrogen and oxygen atoms in total. The average molecular weight is 250 g/mol. The number of nitrogens with zero attached hydrogens (tertiary/aromatic N) is 4. The van der Waals surface area contributed by atoms with Crippen LogP contribution in [0.4, 0.5) is 0 Å². The molecule has 0 saturated carbocycles. The highest BCUT2D eigenvalue weighted by molar-refractivity contribution is 5.78. The molecule has 0 fully saturated rings. The summed E-state index contributed by atoms with van der Waals surface area (Å²) >= 11 is 0. The highest BCUT2D eigenvalue weighted by Gasteiger charge is 2.10. The van der Waals surface area contributed by atoms with Crippen LogP contribution in [0.5, 0.6) is 0 Å². The number of fused-ring (bicyclic) bond motifs is 1. The minimum absolute atomic E-state index is 0.0697. The first-order valence-corrected chi connectivity index (χ1v) is 6.13. The number of hydrogen-bond acceptors (Lipinski definition) is 3. The van der Waals surface area contributed by atoms with Gasteiger partial charge in [0.05, 0.1) is 11.0 Å². The zero-order valence-corrected chi connectivity index (χ0v) is 11.0. The molecule has 0 spiro atoms. The minimum atomic E-state index is 0.0697. The van der Waals surface area contributed by atoms with Gasteiger partial charge in [-0.1, -0.05) is 26.0 Å². The van der Waals surface area contributed by atoms with Crippen molar-refractivity contribution in [2.75, 3.05) is 0 Å². The monoisotopic (exact) mass is 250 g/mol. The van der Waals surface area contributed by atoms with Crippen LogP contribution < -0.4 is 0 Å². The number of nitriles is 2. The van der Waals surface area contributed by atoms with E-state index in [0.717, 1.165) is 17.6 Å². The Bertz CT molecular complexity index is 692. The Balaban J connectivity index is 2.63.